The molecule has 0 amide bonds. The van der Waals surface area contributed by atoms with E-state index < -0.39 is 6.10 Å². The van der Waals surface area contributed by atoms with Gasteiger partial charge in [-0.05, 0) is 77.0 Å². The fourth-order valence-corrected chi connectivity index (χ4v) is 11.5. The van der Waals surface area contributed by atoms with Gasteiger partial charge in [-0.1, -0.05) is 359 Å². The lowest BCUT2D eigenvalue weighted by Gasteiger charge is -2.18. The molecule has 0 aliphatic rings. The molecule has 6 nitrogen and oxygen atoms in total. The predicted molar refractivity (Wildman–Crippen MR) is 362 cm³/mol. The Hall–Kier alpha value is -2.37. The summed E-state index contributed by atoms with van der Waals surface area (Å²) in [5, 5.41) is 0. The molecule has 0 rings (SSSR count). The number of carbonyl (C=O) groups excluding carboxylic acids is 3. The lowest BCUT2D eigenvalue weighted by Crippen LogP contribution is -2.30. The predicted octanol–water partition coefficient (Wildman–Crippen LogP) is 25.9. The van der Waals surface area contributed by atoms with Crippen LogP contribution in [0.2, 0.25) is 0 Å². The summed E-state index contributed by atoms with van der Waals surface area (Å²) >= 11 is 0. The van der Waals surface area contributed by atoms with Crippen LogP contribution in [0.15, 0.2) is 36.5 Å². The summed E-state index contributed by atoms with van der Waals surface area (Å²) in [5.41, 5.74) is 0. The molecule has 0 aliphatic carbocycles. The molecule has 6 heteroatoms. The van der Waals surface area contributed by atoms with E-state index in [0.29, 0.717) is 19.3 Å². The molecule has 0 aliphatic heterocycles. The van der Waals surface area contributed by atoms with E-state index in [9.17, 15) is 14.4 Å². The van der Waals surface area contributed by atoms with Gasteiger partial charge in [0.25, 0.3) is 0 Å². The third-order valence-electron chi connectivity index (χ3n) is 17.1. The number of unbranched alkanes of at least 4 members (excludes halogenated alkanes) is 53. The molecule has 0 saturated heterocycles. The molecule has 0 spiro atoms. The minimum atomic E-state index is -0.776. The number of ether oxygens (including phenoxy) is 3. The van der Waals surface area contributed by atoms with Crippen LogP contribution < -0.4 is 0 Å². The Labute approximate surface area is 518 Å². The van der Waals surface area contributed by atoms with E-state index in [4.69, 9.17) is 14.2 Å². The first-order chi connectivity index (χ1) is 41.0. The number of esters is 3. The van der Waals surface area contributed by atoms with Crippen LogP contribution >= 0.6 is 0 Å². The molecule has 0 heterocycles. The van der Waals surface area contributed by atoms with Gasteiger partial charge in [0.1, 0.15) is 13.2 Å². The first kappa shape index (κ1) is 80.6. The highest BCUT2D eigenvalue weighted by Crippen LogP contribution is 2.19. The second-order valence-electron chi connectivity index (χ2n) is 25.6. The molecule has 0 fully saturated rings. The largest absolute Gasteiger partial charge is 0.462 e. The summed E-state index contributed by atoms with van der Waals surface area (Å²) in [7, 11) is 0. The lowest BCUT2D eigenvalue weighted by atomic mass is 10.0. The maximum atomic E-state index is 13.0. The Morgan fingerprint density at radius 1 is 0.241 bits per heavy atom. The van der Waals surface area contributed by atoms with Crippen LogP contribution in [0, 0.1) is 0 Å². The van der Waals surface area contributed by atoms with Crippen LogP contribution in [0.4, 0.5) is 0 Å². The lowest BCUT2D eigenvalue weighted by molar-refractivity contribution is -0.167. The minimum absolute atomic E-state index is 0.0704. The fraction of sp³-hybridized carbons (Fsp3) is 0.883. The highest BCUT2D eigenvalue weighted by atomic mass is 16.6. The zero-order valence-corrected chi connectivity index (χ0v) is 56.2. The average molecular weight is 1170 g/mol. The first-order valence-corrected chi connectivity index (χ1v) is 37.5. The summed E-state index contributed by atoms with van der Waals surface area (Å²) < 4.78 is 17.0. The molecule has 83 heavy (non-hydrogen) atoms. The summed E-state index contributed by atoms with van der Waals surface area (Å²) in [6.45, 7) is 6.70. The van der Waals surface area contributed by atoms with Crippen molar-refractivity contribution < 1.29 is 28.6 Å². The fourth-order valence-electron chi connectivity index (χ4n) is 11.5. The van der Waals surface area contributed by atoms with Crippen molar-refractivity contribution in [3.63, 3.8) is 0 Å². The molecular weight excluding hydrogens is 1020 g/mol. The van der Waals surface area contributed by atoms with Crippen LogP contribution in [-0.2, 0) is 28.6 Å². The first-order valence-electron chi connectivity index (χ1n) is 37.5. The van der Waals surface area contributed by atoms with E-state index in [0.717, 1.165) is 70.6 Å². The number of rotatable bonds is 70. The highest BCUT2D eigenvalue weighted by Gasteiger charge is 2.20. The number of hydrogen-bond donors (Lipinski definition) is 0. The summed E-state index contributed by atoms with van der Waals surface area (Å²) in [6.07, 6.45) is 90.4. The van der Waals surface area contributed by atoms with Crippen molar-refractivity contribution in [2.45, 2.75) is 425 Å². The Morgan fingerprint density at radius 2 is 0.434 bits per heavy atom. The van der Waals surface area contributed by atoms with Gasteiger partial charge in [-0.25, -0.2) is 0 Å². The maximum absolute atomic E-state index is 13.0. The summed E-state index contributed by atoms with van der Waals surface area (Å²) in [6, 6.07) is 0. The van der Waals surface area contributed by atoms with Gasteiger partial charge in [-0.3, -0.25) is 14.4 Å². The van der Waals surface area contributed by atoms with Crippen molar-refractivity contribution in [3.8, 4) is 0 Å². The van der Waals surface area contributed by atoms with Crippen molar-refractivity contribution in [2.75, 3.05) is 13.2 Å². The van der Waals surface area contributed by atoms with Crippen molar-refractivity contribution >= 4 is 17.9 Å². The highest BCUT2D eigenvalue weighted by molar-refractivity contribution is 5.71. The SMILES string of the molecule is CCCCCCC/C=C\C/C=C\CCCCCCCCCCCCCC(=O)OC(COC(=O)CCCCCCC/C=C\CCCCCCCC)COC(=O)CCCCCCCCCCCCCCCCCCCCCCCCCCCCC. The van der Waals surface area contributed by atoms with Crippen molar-refractivity contribution in [1.29, 1.82) is 0 Å². The normalized spacial score (nSPS) is 12.2. The number of allylic oxidation sites excluding steroid dienone is 6. The van der Waals surface area contributed by atoms with Gasteiger partial charge in [0, 0.05) is 19.3 Å². The van der Waals surface area contributed by atoms with E-state index in [1.807, 2.05) is 0 Å². The molecule has 0 bridgehead atoms. The number of hydrogen-bond acceptors (Lipinski definition) is 6. The zero-order chi connectivity index (χ0) is 59.9. The quantitative estimate of drug-likeness (QED) is 0.0261. The molecule has 1 unspecified atom stereocenters. The monoisotopic (exact) mass is 1170 g/mol. The van der Waals surface area contributed by atoms with Crippen LogP contribution in [0.3, 0.4) is 0 Å². The van der Waals surface area contributed by atoms with Crippen LogP contribution in [-0.4, -0.2) is 37.2 Å². The van der Waals surface area contributed by atoms with E-state index in [-0.39, 0.29) is 31.1 Å². The van der Waals surface area contributed by atoms with Gasteiger partial charge in [0.05, 0.1) is 0 Å². The molecule has 0 aromatic carbocycles. The Morgan fingerprint density at radius 3 is 0.675 bits per heavy atom. The number of carbonyl (C=O) groups is 3. The summed E-state index contributed by atoms with van der Waals surface area (Å²) in [5.74, 6) is -0.850. The summed E-state index contributed by atoms with van der Waals surface area (Å²) in [4.78, 5) is 38.5. The molecule has 488 valence electrons. The third-order valence-corrected chi connectivity index (χ3v) is 17.1. The van der Waals surface area contributed by atoms with Gasteiger partial charge in [-0.15, -0.1) is 0 Å². The van der Waals surface area contributed by atoms with E-state index in [1.165, 1.54) is 308 Å². The van der Waals surface area contributed by atoms with Crippen molar-refractivity contribution in [1.82, 2.24) is 0 Å². The molecular formula is C77H144O6. The Bertz CT molecular complexity index is 1380. The van der Waals surface area contributed by atoms with Crippen LogP contribution in [0.25, 0.3) is 0 Å². The Balaban J connectivity index is 4.24. The van der Waals surface area contributed by atoms with Gasteiger partial charge < -0.3 is 14.2 Å². The minimum Gasteiger partial charge on any atom is -0.462 e. The van der Waals surface area contributed by atoms with E-state index >= 15 is 0 Å². The van der Waals surface area contributed by atoms with E-state index in [2.05, 4.69) is 57.2 Å². The smallest absolute Gasteiger partial charge is 0.306 e. The second kappa shape index (κ2) is 72.1. The van der Waals surface area contributed by atoms with Gasteiger partial charge >= 0.3 is 17.9 Å². The Kier molecular flexibility index (Phi) is 70.0. The van der Waals surface area contributed by atoms with Crippen molar-refractivity contribution in [2.24, 2.45) is 0 Å². The topological polar surface area (TPSA) is 78.9 Å². The molecule has 0 aromatic heterocycles. The van der Waals surface area contributed by atoms with E-state index in [1.54, 1.807) is 0 Å². The second-order valence-corrected chi connectivity index (χ2v) is 25.6. The molecule has 0 saturated carbocycles. The van der Waals surface area contributed by atoms with Gasteiger partial charge in [0.15, 0.2) is 6.10 Å². The molecule has 0 aromatic rings. The third kappa shape index (κ3) is 70.3. The molecule has 0 radical (unpaired) electrons. The average Bonchev–Trinajstić information content (AvgIpc) is 3.49. The van der Waals surface area contributed by atoms with Crippen LogP contribution in [0.1, 0.15) is 419 Å². The maximum Gasteiger partial charge on any atom is 0.306 e. The standard InChI is InChI=1S/C77H144O6/c1-4-7-10-13-16-19-22-25-28-30-32-34-36-37-38-39-41-42-44-46-49-52-55-58-61-64-67-70-76(79)82-73-74(72-81-75(78)69-66-63-60-57-54-51-48-27-24-21-18-15-12-9-6-3)83-77(80)71-68-65-62-59-56-53-50-47-45-43-40-35-33-31-29-26-23-20-17-14-11-8-5-2/h23,26-27,31,33,48,74H,4-22,24-25,28-30,32,34-47,49-73H2,1-3H3/b26-23-,33-31-,48-27-. The zero-order valence-electron chi connectivity index (χ0n) is 56.2. The van der Waals surface area contributed by atoms with Gasteiger partial charge in [-0.2, -0.15) is 0 Å². The molecule has 0 N–H and O–H groups in total. The van der Waals surface area contributed by atoms with Crippen LogP contribution in [0.5, 0.6) is 0 Å². The van der Waals surface area contributed by atoms with Crippen molar-refractivity contribution in [3.05, 3.63) is 36.5 Å². The van der Waals surface area contributed by atoms with Gasteiger partial charge in [0.2, 0.25) is 0 Å². The molecule has 1 atom stereocenters.